The van der Waals surface area contributed by atoms with Crippen LogP contribution in [-0.2, 0) is 28.0 Å². The molecule has 1 amide bonds. The Kier molecular flexibility index (Phi) is 19.4. The lowest BCUT2D eigenvalue weighted by molar-refractivity contribution is -0.111. The van der Waals surface area contributed by atoms with Crippen molar-refractivity contribution in [1.29, 1.82) is 0 Å². The van der Waals surface area contributed by atoms with Gasteiger partial charge in [-0.25, -0.2) is 19.9 Å². The first-order chi connectivity index (χ1) is 38.6. The minimum atomic E-state index is -3.09. The highest BCUT2D eigenvalue weighted by atomic mass is 31.2. The molecule has 0 saturated carbocycles. The average Bonchev–Trinajstić information content (AvgIpc) is 3.94. The molecule has 0 unspecified atom stereocenters. The van der Waals surface area contributed by atoms with E-state index in [2.05, 4.69) is 42.5 Å². The lowest BCUT2D eigenvalue weighted by atomic mass is 10.1. The molecule has 0 fully saturated rings. The van der Waals surface area contributed by atoms with Crippen molar-refractivity contribution >= 4 is 98.6 Å². The number of anilines is 8. The number of aryl methyl sites for hydroxylation is 2. The summed E-state index contributed by atoms with van der Waals surface area (Å²) < 4.78 is 92.5. The van der Waals surface area contributed by atoms with Gasteiger partial charge < -0.3 is 69.0 Å². The summed E-state index contributed by atoms with van der Waals surface area (Å²) in [5.41, 5.74) is 13.2. The molecule has 0 radical (unpaired) electrons. The SMILES string of the molecule is C=CC(=O)Nc1cc(Nc2nccc(-c3cn(C)c4cc(P(C)(C)=O)ccc34)n2)c(OC(F)F)cc1N(C)CCN(C)C.CN(C)CCN(C)c1cc(OC(F)F)c(Nc2nccc(-c3cn(C)c4cc(P(C)(C)=O)ccc34)n2)cc1N. The van der Waals surface area contributed by atoms with E-state index in [1.54, 1.807) is 64.3 Å². The van der Waals surface area contributed by atoms with E-state index in [0.29, 0.717) is 53.8 Å². The van der Waals surface area contributed by atoms with Crippen molar-refractivity contribution in [1.82, 2.24) is 38.9 Å². The van der Waals surface area contributed by atoms with Crippen molar-refractivity contribution in [3.63, 3.8) is 0 Å². The zero-order valence-corrected chi connectivity index (χ0v) is 49.8. The molecule has 0 aliphatic heterocycles. The molecule has 0 saturated heterocycles. The van der Waals surface area contributed by atoms with Crippen LogP contribution in [0.2, 0.25) is 0 Å². The van der Waals surface area contributed by atoms with Crippen LogP contribution >= 0.6 is 14.3 Å². The van der Waals surface area contributed by atoms with Crippen LogP contribution in [0.4, 0.5) is 63.6 Å². The zero-order chi connectivity index (χ0) is 60.0. The third-order valence-electron chi connectivity index (χ3n) is 13.2. The van der Waals surface area contributed by atoms with Crippen molar-refractivity contribution in [2.75, 3.05) is 127 Å². The monoisotopic (exact) mass is 1170 g/mol. The minimum absolute atomic E-state index is 0.0684. The molecule has 5 N–H and O–H groups in total. The molecule has 8 rings (SSSR count). The molecule has 8 aromatic rings. The summed E-state index contributed by atoms with van der Waals surface area (Å²) in [6.07, 6.45) is 8.13. The van der Waals surface area contributed by atoms with Gasteiger partial charge in [-0.1, -0.05) is 30.8 Å². The van der Waals surface area contributed by atoms with Gasteiger partial charge in [0, 0.05) is 135 Å². The number of carbonyl (C=O) groups excluding carboxylic acids is 1. The number of amides is 1. The van der Waals surface area contributed by atoms with Crippen LogP contribution in [-0.4, -0.2) is 153 Å². The van der Waals surface area contributed by atoms with E-state index in [-0.39, 0.29) is 34.8 Å². The third kappa shape index (κ3) is 15.3. The van der Waals surface area contributed by atoms with E-state index >= 15 is 0 Å². The van der Waals surface area contributed by atoms with Gasteiger partial charge in [-0.15, -0.1) is 0 Å². The standard InChI is InChI=1S/C30H36F2N7O3P.C27H34F2N7O2P/c1-8-28(40)34-23-16-24(27(42-29(31)32)17-26(23)38(4)14-13-37(2)3)36-30-33-12-11-22(35-30)21-18-39(5)25-15-19(43(6,7)41)9-10-20(21)25;1-34(2)11-12-35(3)24-15-25(38-26(28)29)22(14-20(24)30)33-27-31-10-9-21(32-27)19-16-36(4)23-13-17(39(5,6)37)7-8-18(19)23/h8-12,15-18,29H,1,13-14H2,2-7H3,(H,34,40)(H,33,35,36);7-10,13-16,26H,11-12,30H2,1-6H3,(H,31,32,33). The number of fused-ring (bicyclic) bond motifs is 2. The van der Waals surface area contributed by atoms with Crippen molar-refractivity contribution < 1.29 is 41.0 Å². The lowest BCUT2D eigenvalue weighted by Crippen LogP contribution is -2.29. The summed E-state index contributed by atoms with van der Waals surface area (Å²) in [7, 11) is 10.3. The molecule has 0 aliphatic rings. The molecule has 82 heavy (non-hydrogen) atoms. The number of carbonyl (C=O) groups is 1. The highest BCUT2D eigenvalue weighted by Crippen LogP contribution is 2.42. The fraction of sp³-hybridized carbons (Fsp3) is 0.316. The van der Waals surface area contributed by atoms with Gasteiger partial charge in [0.1, 0.15) is 14.3 Å². The number of hydrogen-bond donors (Lipinski definition) is 4. The smallest absolute Gasteiger partial charge is 0.387 e. The van der Waals surface area contributed by atoms with E-state index in [1.165, 1.54) is 18.2 Å². The number of alkyl halides is 4. The highest BCUT2D eigenvalue weighted by molar-refractivity contribution is 7.70. The van der Waals surface area contributed by atoms with Crippen molar-refractivity contribution in [3.05, 3.63) is 110 Å². The van der Waals surface area contributed by atoms with Crippen molar-refractivity contribution in [3.8, 4) is 34.0 Å². The Labute approximate surface area is 474 Å². The average molecular weight is 1170 g/mol. The van der Waals surface area contributed by atoms with Gasteiger partial charge in [0.2, 0.25) is 17.8 Å². The second-order valence-corrected chi connectivity index (χ2v) is 27.3. The molecule has 0 bridgehead atoms. The van der Waals surface area contributed by atoms with Crippen LogP contribution in [0.25, 0.3) is 44.3 Å². The fourth-order valence-electron chi connectivity index (χ4n) is 8.81. The maximum Gasteiger partial charge on any atom is 0.387 e. The zero-order valence-electron chi connectivity index (χ0n) is 48.0. The molecule has 19 nitrogen and oxygen atoms in total. The summed E-state index contributed by atoms with van der Waals surface area (Å²) in [6, 6.07) is 20.9. The largest absolute Gasteiger partial charge is 0.433 e. The number of nitrogen functional groups attached to an aromatic ring is 1. The van der Waals surface area contributed by atoms with Gasteiger partial charge in [0.25, 0.3) is 0 Å². The lowest BCUT2D eigenvalue weighted by Gasteiger charge is -2.26. The number of nitrogens with zero attached hydrogens (tertiary/aromatic N) is 10. The first-order valence-corrected chi connectivity index (χ1v) is 31.0. The predicted molar refractivity (Wildman–Crippen MR) is 326 cm³/mol. The van der Waals surface area contributed by atoms with Gasteiger partial charge in [0.15, 0.2) is 11.5 Å². The number of benzene rings is 4. The second kappa shape index (κ2) is 25.9. The van der Waals surface area contributed by atoms with Crippen molar-refractivity contribution in [2.24, 2.45) is 14.1 Å². The number of rotatable bonds is 22. The molecule has 25 heteroatoms. The van der Waals surface area contributed by atoms with Crippen molar-refractivity contribution in [2.45, 2.75) is 13.2 Å². The second-order valence-electron chi connectivity index (χ2n) is 20.9. The van der Waals surface area contributed by atoms with Crippen LogP contribution in [0.5, 0.6) is 11.5 Å². The number of likely N-dealkylation sites (N-methyl/N-ethyl adjacent to an activating group) is 4. The molecular formula is C57H70F4N14O5P2. The maximum atomic E-state index is 13.5. The summed E-state index contributed by atoms with van der Waals surface area (Å²) >= 11 is 0. The summed E-state index contributed by atoms with van der Waals surface area (Å²) in [5, 5.41) is 12.2. The van der Waals surface area contributed by atoms with Gasteiger partial charge >= 0.3 is 13.2 Å². The molecular weight excluding hydrogens is 1100 g/mol. The number of aromatic nitrogens is 6. The van der Waals surface area contributed by atoms with Crippen LogP contribution < -0.4 is 51.6 Å². The Morgan fingerprint density at radius 1 is 0.634 bits per heavy atom. The quantitative estimate of drug-likeness (QED) is 0.0216. The molecule has 4 aromatic carbocycles. The molecule has 0 spiro atoms. The number of hydrogen-bond acceptors (Lipinski definition) is 16. The van der Waals surface area contributed by atoms with E-state index in [1.807, 2.05) is 127 Å². The number of halogens is 4. The van der Waals surface area contributed by atoms with E-state index in [0.717, 1.165) is 56.2 Å². The summed E-state index contributed by atoms with van der Waals surface area (Å²) in [4.78, 5) is 37.9. The number of ether oxygens (including phenoxy) is 2. The van der Waals surface area contributed by atoms with Crippen LogP contribution in [0.3, 0.4) is 0 Å². The molecule has 4 heterocycles. The Hall–Kier alpha value is -7.97. The molecule has 0 aliphatic carbocycles. The maximum absolute atomic E-state index is 13.5. The Morgan fingerprint density at radius 2 is 1.06 bits per heavy atom. The molecule has 0 atom stereocenters. The topological polar surface area (TPSA) is 206 Å². The van der Waals surface area contributed by atoms with E-state index in [9.17, 15) is 31.5 Å². The Bertz CT molecular complexity index is 3710. The fourth-order valence-corrected chi connectivity index (χ4v) is 10.5. The molecule has 4 aromatic heterocycles. The first-order valence-electron chi connectivity index (χ1n) is 25.8. The normalized spacial score (nSPS) is 11.8. The van der Waals surface area contributed by atoms with Gasteiger partial charge in [0.05, 0.1) is 45.5 Å². The first kappa shape index (κ1) is 61.6. The van der Waals surface area contributed by atoms with Gasteiger partial charge in [-0.3, -0.25) is 4.79 Å². The van der Waals surface area contributed by atoms with Gasteiger partial charge in [-0.05, 0) is 97.3 Å². The van der Waals surface area contributed by atoms with E-state index < -0.39 is 33.4 Å². The Morgan fingerprint density at radius 3 is 1.48 bits per heavy atom. The van der Waals surface area contributed by atoms with Crippen LogP contribution in [0, 0.1) is 0 Å². The minimum Gasteiger partial charge on any atom is -0.433 e. The highest BCUT2D eigenvalue weighted by Gasteiger charge is 2.23. The summed E-state index contributed by atoms with van der Waals surface area (Å²) in [5.74, 6) is -0.350. The Balaban J connectivity index is 0.000000237. The van der Waals surface area contributed by atoms with Crippen LogP contribution in [0.1, 0.15) is 0 Å². The predicted octanol–water partition coefficient (Wildman–Crippen LogP) is 10.2. The van der Waals surface area contributed by atoms with Gasteiger partial charge in [-0.2, -0.15) is 17.6 Å². The number of nitrogens with one attached hydrogen (secondary N) is 3. The van der Waals surface area contributed by atoms with E-state index in [4.69, 9.17) is 15.2 Å². The number of nitrogens with two attached hydrogens (primary N) is 1. The van der Waals surface area contributed by atoms with Crippen LogP contribution in [0.15, 0.2) is 110 Å². The third-order valence-corrected chi connectivity index (χ3v) is 16.3. The summed E-state index contributed by atoms with van der Waals surface area (Å²) in [6.45, 7) is 6.98. The molecule has 436 valence electrons.